The fourth-order valence-electron chi connectivity index (χ4n) is 2.42. The van der Waals surface area contributed by atoms with E-state index < -0.39 is 9.84 Å². The highest BCUT2D eigenvalue weighted by Gasteiger charge is 2.28. The highest BCUT2D eigenvalue weighted by molar-refractivity contribution is 7.91. The number of furan rings is 1. The van der Waals surface area contributed by atoms with Crippen LogP contribution in [0.4, 0.5) is 0 Å². The maximum Gasteiger partial charge on any atom is 0.153 e. The van der Waals surface area contributed by atoms with Crippen molar-refractivity contribution in [3.63, 3.8) is 0 Å². The van der Waals surface area contributed by atoms with Crippen LogP contribution in [0, 0.1) is 0 Å². The second kappa shape index (κ2) is 6.10. The van der Waals surface area contributed by atoms with Crippen LogP contribution in [0.25, 0.3) is 0 Å². The van der Waals surface area contributed by atoms with Gasteiger partial charge >= 0.3 is 0 Å². The van der Waals surface area contributed by atoms with Crippen molar-refractivity contribution < 1.29 is 12.8 Å². The minimum atomic E-state index is -2.86. The molecule has 1 aromatic heterocycles. The van der Waals surface area contributed by atoms with Crippen LogP contribution in [0.3, 0.4) is 0 Å². The Bertz CT molecular complexity index is 572. The standard InChI is InChI=1S/C15H26N2O3S/c1-12-11-21(18,19)8-7-17(12)10-14-6-5-13(20-14)9-16-15(2,3)4/h5-6,12,16H,7-11H2,1-4H3. The summed E-state index contributed by atoms with van der Waals surface area (Å²) >= 11 is 0. The van der Waals surface area contributed by atoms with E-state index in [9.17, 15) is 8.42 Å². The number of sulfone groups is 1. The summed E-state index contributed by atoms with van der Waals surface area (Å²) in [4.78, 5) is 2.17. The monoisotopic (exact) mass is 314 g/mol. The average molecular weight is 314 g/mol. The normalized spacial score (nSPS) is 23.3. The van der Waals surface area contributed by atoms with Crippen molar-refractivity contribution in [3.8, 4) is 0 Å². The number of hydrogen-bond acceptors (Lipinski definition) is 5. The molecule has 0 radical (unpaired) electrons. The summed E-state index contributed by atoms with van der Waals surface area (Å²) in [5.74, 6) is 2.30. The van der Waals surface area contributed by atoms with Crippen molar-refractivity contribution in [2.24, 2.45) is 0 Å². The molecule has 120 valence electrons. The molecule has 1 aliphatic rings. The molecule has 1 unspecified atom stereocenters. The van der Waals surface area contributed by atoms with Crippen LogP contribution in [0.2, 0.25) is 0 Å². The summed E-state index contributed by atoms with van der Waals surface area (Å²) in [6.07, 6.45) is 0. The third kappa shape index (κ3) is 5.13. The lowest BCUT2D eigenvalue weighted by Crippen LogP contribution is -2.46. The molecule has 0 aliphatic carbocycles. The topological polar surface area (TPSA) is 62.6 Å². The van der Waals surface area contributed by atoms with E-state index >= 15 is 0 Å². The fourth-order valence-corrected chi connectivity index (χ4v) is 4.05. The number of nitrogens with zero attached hydrogens (tertiary/aromatic N) is 1. The maximum absolute atomic E-state index is 11.6. The molecule has 1 aliphatic heterocycles. The van der Waals surface area contributed by atoms with E-state index in [1.807, 2.05) is 19.1 Å². The molecule has 1 saturated heterocycles. The van der Waals surface area contributed by atoms with E-state index in [1.54, 1.807) is 0 Å². The van der Waals surface area contributed by atoms with Crippen LogP contribution >= 0.6 is 0 Å². The SMILES string of the molecule is CC1CS(=O)(=O)CCN1Cc1ccc(CNC(C)(C)C)o1. The maximum atomic E-state index is 11.6. The van der Waals surface area contributed by atoms with E-state index in [1.165, 1.54) is 0 Å². The quantitative estimate of drug-likeness (QED) is 0.918. The lowest BCUT2D eigenvalue weighted by Gasteiger charge is -2.32. The second-order valence-electron chi connectivity index (χ2n) is 6.91. The Morgan fingerprint density at radius 3 is 2.62 bits per heavy atom. The number of hydrogen-bond donors (Lipinski definition) is 1. The van der Waals surface area contributed by atoms with Gasteiger partial charge in [-0.2, -0.15) is 0 Å². The molecule has 0 spiro atoms. The molecule has 0 amide bonds. The van der Waals surface area contributed by atoms with Gasteiger partial charge in [0.15, 0.2) is 9.84 Å². The van der Waals surface area contributed by atoms with Crippen molar-refractivity contribution in [1.82, 2.24) is 10.2 Å². The molecule has 21 heavy (non-hydrogen) atoms. The summed E-state index contributed by atoms with van der Waals surface area (Å²) in [6, 6.07) is 4.01. The molecule has 1 fully saturated rings. The highest BCUT2D eigenvalue weighted by atomic mass is 32.2. The zero-order valence-corrected chi connectivity index (χ0v) is 14.2. The highest BCUT2D eigenvalue weighted by Crippen LogP contribution is 2.17. The van der Waals surface area contributed by atoms with Gasteiger partial charge in [-0.1, -0.05) is 0 Å². The van der Waals surface area contributed by atoms with Crippen LogP contribution in [0.1, 0.15) is 39.2 Å². The molecule has 2 heterocycles. The molecular weight excluding hydrogens is 288 g/mol. The Morgan fingerprint density at radius 1 is 1.33 bits per heavy atom. The van der Waals surface area contributed by atoms with Crippen molar-refractivity contribution in [1.29, 1.82) is 0 Å². The van der Waals surface area contributed by atoms with Crippen LogP contribution in [-0.4, -0.2) is 42.9 Å². The molecule has 0 bridgehead atoms. The first kappa shape index (κ1) is 16.5. The summed E-state index contributed by atoms with van der Waals surface area (Å²) in [7, 11) is -2.86. The summed E-state index contributed by atoms with van der Waals surface area (Å²) in [6.45, 7) is 10.3. The van der Waals surface area contributed by atoms with E-state index in [-0.39, 0.29) is 23.1 Å². The lowest BCUT2D eigenvalue weighted by atomic mass is 10.1. The first-order valence-corrected chi connectivity index (χ1v) is 9.24. The minimum absolute atomic E-state index is 0.0463. The van der Waals surface area contributed by atoms with Gasteiger partial charge < -0.3 is 9.73 Å². The first-order valence-electron chi connectivity index (χ1n) is 7.42. The summed E-state index contributed by atoms with van der Waals surface area (Å²) in [5.41, 5.74) is 0.0582. The Kier molecular flexibility index (Phi) is 4.80. The molecule has 6 heteroatoms. The molecule has 1 aromatic rings. The van der Waals surface area contributed by atoms with Crippen LogP contribution in [0.15, 0.2) is 16.5 Å². The van der Waals surface area contributed by atoms with Gasteiger partial charge in [0.25, 0.3) is 0 Å². The Morgan fingerprint density at radius 2 is 2.00 bits per heavy atom. The van der Waals surface area contributed by atoms with E-state index in [4.69, 9.17) is 4.42 Å². The predicted octanol–water partition coefficient (Wildman–Crippen LogP) is 1.79. The van der Waals surface area contributed by atoms with Crippen LogP contribution < -0.4 is 5.32 Å². The van der Waals surface area contributed by atoms with Gasteiger partial charge in [-0.25, -0.2) is 8.42 Å². The molecule has 0 aromatic carbocycles. The first-order chi connectivity index (χ1) is 9.65. The molecule has 5 nitrogen and oxygen atoms in total. The minimum Gasteiger partial charge on any atom is -0.463 e. The van der Waals surface area contributed by atoms with Crippen LogP contribution in [0.5, 0.6) is 0 Å². The van der Waals surface area contributed by atoms with Crippen LogP contribution in [-0.2, 0) is 22.9 Å². The zero-order valence-electron chi connectivity index (χ0n) is 13.3. The van der Waals surface area contributed by atoms with Gasteiger partial charge in [0.1, 0.15) is 11.5 Å². The van der Waals surface area contributed by atoms with E-state index in [0.717, 1.165) is 11.5 Å². The Hall–Kier alpha value is -0.850. The smallest absolute Gasteiger partial charge is 0.153 e. The predicted molar refractivity (Wildman–Crippen MR) is 83.8 cm³/mol. The van der Waals surface area contributed by atoms with Crippen molar-refractivity contribution in [2.45, 2.75) is 52.4 Å². The third-order valence-electron chi connectivity index (χ3n) is 3.68. The number of nitrogens with one attached hydrogen (secondary N) is 1. The van der Waals surface area contributed by atoms with Gasteiger partial charge in [0, 0.05) is 18.1 Å². The molecule has 0 saturated carbocycles. The lowest BCUT2D eigenvalue weighted by molar-refractivity contribution is 0.199. The van der Waals surface area contributed by atoms with Crippen molar-refractivity contribution in [2.75, 3.05) is 18.1 Å². The molecular formula is C15H26N2O3S. The van der Waals surface area contributed by atoms with Gasteiger partial charge in [0.05, 0.1) is 24.6 Å². The van der Waals surface area contributed by atoms with Crippen molar-refractivity contribution >= 4 is 9.84 Å². The second-order valence-corrected chi connectivity index (χ2v) is 9.13. The third-order valence-corrected chi connectivity index (χ3v) is 5.47. The summed E-state index contributed by atoms with van der Waals surface area (Å²) < 4.78 is 29.0. The molecule has 2 rings (SSSR count). The van der Waals surface area contributed by atoms with E-state index in [2.05, 4.69) is 31.0 Å². The summed E-state index contributed by atoms with van der Waals surface area (Å²) in [5, 5.41) is 3.39. The van der Waals surface area contributed by atoms with Gasteiger partial charge in [-0.05, 0) is 39.8 Å². The zero-order chi connectivity index (χ0) is 15.7. The van der Waals surface area contributed by atoms with Gasteiger partial charge in [-0.15, -0.1) is 0 Å². The van der Waals surface area contributed by atoms with Gasteiger partial charge in [-0.3, -0.25) is 4.90 Å². The Balaban J connectivity index is 1.91. The molecule has 1 atom stereocenters. The fraction of sp³-hybridized carbons (Fsp3) is 0.733. The largest absolute Gasteiger partial charge is 0.463 e. The van der Waals surface area contributed by atoms with E-state index in [0.29, 0.717) is 19.6 Å². The number of rotatable bonds is 4. The Labute approximate surface area is 127 Å². The van der Waals surface area contributed by atoms with Gasteiger partial charge in [0.2, 0.25) is 0 Å². The average Bonchev–Trinajstić information content (AvgIpc) is 2.77. The molecule has 1 N–H and O–H groups in total. The van der Waals surface area contributed by atoms with Crippen molar-refractivity contribution in [3.05, 3.63) is 23.7 Å².